The van der Waals surface area contributed by atoms with Crippen LogP contribution < -0.4 is 0 Å². The molecule has 2 aliphatic heterocycles. The summed E-state index contributed by atoms with van der Waals surface area (Å²) < 4.78 is 12.7. The molecular formula is C47H48O5. The highest BCUT2D eigenvalue weighted by Gasteiger charge is 2.68. The fraction of sp³-hybridized carbons (Fsp3) is 0.404. The second kappa shape index (κ2) is 13.4. The standard InChI is InChI=1S/C47H48O5/c1-2-29(26-31-14-5-3-6-15-31)27-40-47-25-24-35(36-22-23-37-39(51-45(49)42(37)43(36)47)19-11-16-30-12-9-10-13-30)41(44(47)46(50)52-40)38-28-33(48)20-21-34(38)32-17-7-4-8-18-32/h3-8,14-15,17-21,27-30,35-36,43,48H,2,9-13,16,22-26H2,1H3. The fourth-order valence-corrected chi connectivity index (χ4v) is 11.0. The third kappa shape index (κ3) is 5.42. The lowest BCUT2D eigenvalue weighted by molar-refractivity contribution is -0.135. The molecule has 5 nitrogen and oxygen atoms in total. The van der Waals surface area contributed by atoms with E-state index in [1.165, 1.54) is 31.2 Å². The van der Waals surface area contributed by atoms with Crippen LogP contribution in [0.3, 0.4) is 0 Å². The van der Waals surface area contributed by atoms with E-state index in [0.717, 1.165) is 96.5 Å². The molecule has 266 valence electrons. The molecule has 1 saturated heterocycles. The molecule has 5 heteroatoms. The first-order chi connectivity index (χ1) is 25.5. The van der Waals surface area contributed by atoms with Crippen LogP contribution in [0, 0.1) is 35.0 Å². The number of carbonyl (C=O) groups is 2. The van der Waals surface area contributed by atoms with Gasteiger partial charge >= 0.3 is 11.9 Å². The van der Waals surface area contributed by atoms with Crippen molar-refractivity contribution in [3.63, 3.8) is 0 Å². The first kappa shape index (κ1) is 33.2. The Morgan fingerprint density at radius 2 is 1.63 bits per heavy atom. The smallest absolute Gasteiger partial charge is 0.340 e. The summed E-state index contributed by atoms with van der Waals surface area (Å²) in [5.41, 5.74) is 6.90. The Morgan fingerprint density at radius 3 is 2.40 bits per heavy atom. The zero-order chi connectivity index (χ0) is 35.4. The van der Waals surface area contributed by atoms with Crippen molar-refractivity contribution in [3.8, 4) is 16.9 Å². The Bertz CT molecular complexity index is 2030. The molecule has 2 saturated carbocycles. The first-order valence-corrected chi connectivity index (χ1v) is 19.7. The molecule has 0 radical (unpaired) electrons. The molecule has 2 bridgehead atoms. The Labute approximate surface area is 307 Å². The molecule has 3 aromatic carbocycles. The van der Waals surface area contributed by atoms with Crippen molar-refractivity contribution in [2.75, 3.05) is 0 Å². The minimum atomic E-state index is -0.783. The van der Waals surface area contributed by atoms with E-state index in [9.17, 15) is 14.7 Å². The number of fused-ring (bicyclic) bond motifs is 1. The number of benzene rings is 3. The van der Waals surface area contributed by atoms with Gasteiger partial charge in [-0.15, -0.1) is 0 Å². The van der Waals surface area contributed by atoms with E-state index in [1.54, 1.807) is 6.07 Å². The van der Waals surface area contributed by atoms with E-state index >= 15 is 0 Å². The topological polar surface area (TPSA) is 72.8 Å². The minimum absolute atomic E-state index is 0.0431. The third-order valence-corrected chi connectivity index (χ3v) is 13.4. The average molecular weight is 693 g/mol. The van der Waals surface area contributed by atoms with Crippen LogP contribution in [0.2, 0.25) is 0 Å². The molecule has 5 unspecified atom stereocenters. The lowest BCUT2D eigenvalue weighted by Gasteiger charge is -2.56. The second-order valence-corrected chi connectivity index (χ2v) is 16.0. The van der Waals surface area contributed by atoms with E-state index in [1.807, 2.05) is 36.4 Å². The van der Waals surface area contributed by atoms with Crippen LogP contribution >= 0.6 is 0 Å². The Morgan fingerprint density at radius 1 is 0.865 bits per heavy atom. The molecular weight excluding hydrogens is 645 g/mol. The molecule has 0 aromatic heterocycles. The Kier molecular flexibility index (Phi) is 8.56. The second-order valence-electron chi connectivity index (χ2n) is 16.0. The van der Waals surface area contributed by atoms with Crippen LogP contribution in [0.25, 0.3) is 16.7 Å². The van der Waals surface area contributed by atoms with Crippen LogP contribution in [0.5, 0.6) is 5.75 Å². The van der Waals surface area contributed by atoms with Gasteiger partial charge in [0.1, 0.15) is 17.3 Å². The van der Waals surface area contributed by atoms with Gasteiger partial charge in [-0.25, -0.2) is 9.59 Å². The summed E-state index contributed by atoms with van der Waals surface area (Å²) in [5, 5.41) is 11.0. The molecule has 52 heavy (non-hydrogen) atoms. The van der Waals surface area contributed by atoms with Crippen LogP contribution in [-0.4, -0.2) is 17.0 Å². The van der Waals surface area contributed by atoms with Crippen molar-refractivity contribution in [1.82, 2.24) is 0 Å². The summed E-state index contributed by atoms with van der Waals surface area (Å²) in [5.74, 6) is 1.99. The number of allylic oxidation sites excluding steroid dienone is 5. The quantitative estimate of drug-likeness (QED) is 0.226. The number of cyclic esters (lactones) is 2. The van der Waals surface area contributed by atoms with Gasteiger partial charge in [-0.05, 0) is 127 Å². The number of ether oxygens (including phenoxy) is 2. The number of rotatable bonds is 9. The summed E-state index contributed by atoms with van der Waals surface area (Å²) in [7, 11) is 0. The zero-order valence-electron chi connectivity index (χ0n) is 30.1. The largest absolute Gasteiger partial charge is 0.508 e. The van der Waals surface area contributed by atoms with E-state index in [-0.39, 0.29) is 41.4 Å². The molecule has 1 spiro atoms. The van der Waals surface area contributed by atoms with Crippen LogP contribution in [0.4, 0.5) is 0 Å². The maximum atomic E-state index is 14.6. The van der Waals surface area contributed by atoms with Gasteiger partial charge in [-0.2, -0.15) is 0 Å². The lowest BCUT2D eigenvalue weighted by Crippen LogP contribution is -2.52. The predicted octanol–water partition coefficient (Wildman–Crippen LogP) is 10.7. The number of carbonyl (C=O) groups excluding carboxylic acids is 2. The van der Waals surface area contributed by atoms with Gasteiger partial charge in [0.2, 0.25) is 0 Å². The molecule has 1 N–H and O–H groups in total. The highest BCUT2D eigenvalue weighted by atomic mass is 16.5. The van der Waals surface area contributed by atoms with E-state index in [2.05, 4.69) is 55.5 Å². The van der Waals surface area contributed by atoms with Crippen LogP contribution in [-0.2, 0) is 25.5 Å². The van der Waals surface area contributed by atoms with Gasteiger partial charge < -0.3 is 14.6 Å². The molecule has 5 aliphatic carbocycles. The van der Waals surface area contributed by atoms with E-state index in [0.29, 0.717) is 11.3 Å². The lowest BCUT2D eigenvalue weighted by atomic mass is 9.44. The van der Waals surface area contributed by atoms with Crippen LogP contribution in [0.1, 0.15) is 88.7 Å². The molecule has 0 amide bonds. The number of hydrogen-bond acceptors (Lipinski definition) is 5. The molecule has 3 fully saturated rings. The molecule has 3 aromatic rings. The van der Waals surface area contributed by atoms with Crippen molar-refractivity contribution in [2.24, 2.45) is 35.0 Å². The number of hydrogen-bond donors (Lipinski definition) is 1. The van der Waals surface area contributed by atoms with Crippen molar-refractivity contribution in [1.29, 1.82) is 0 Å². The summed E-state index contributed by atoms with van der Waals surface area (Å²) >= 11 is 0. The predicted molar refractivity (Wildman–Crippen MR) is 202 cm³/mol. The Hall–Kier alpha value is -4.64. The fourth-order valence-electron chi connectivity index (χ4n) is 11.0. The maximum Gasteiger partial charge on any atom is 0.340 e. The third-order valence-electron chi connectivity index (χ3n) is 13.4. The van der Waals surface area contributed by atoms with Crippen molar-refractivity contribution in [2.45, 2.75) is 84.0 Å². The monoisotopic (exact) mass is 692 g/mol. The number of phenols is 1. The first-order valence-electron chi connectivity index (χ1n) is 19.7. The number of phenolic OH excluding ortho intramolecular Hbond substituents is 1. The molecule has 7 aliphatic rings. The van der Waals surface area contributed by atoms with Gasteiger partial charge in [-0.1, -0.05) is 99.3 Å². The maximum absolute atomic E-state index is 14.6. The molecule has 2 heterocycles. The van der Waals surface area contributed by atoms with Crippen molar-refractivity contribution < 1.29 is 24.2 Å². The SMILES string of the molecule is CCC(C=C1OC(=O)C2=C(c3cc(O)ccc3-c3ccccc3)C3CCC12C1C2=C(CCC31)C(=CCCC1CCCC1)OC2=O)Cc1ccccc1. The van der Waals surface area contributed by atoms with Crippen molar-refractivity contribution in [3.05, 3.63) is 130 Å². The van der Waals surface area contributed by atoms with Crippen LogP contribution in [0.15, 0.2) is 119 Å². The molecule has 10 rings (SSSR count). The highest BCUT2D eigenvalue weighted by Crippen LogP contribution is 2.72. The highest BCUT2D eigenvalue weighted by molar-refractivity contribution is 6.07. The summed E-state index contributed by atoms with van der Waals surface area (Å²) in [6, 6.07) is 26.3. The van der Waals surface area contributed by atoms with Crippen molar-refractivity contribution >= 4 is 17.5 Å². The normalized spacial score (nSPS) is 28.7. The Balaban J connectivity index is 1.22. The number of esters is 2. The van der Waals surface area contributed by atoms with Gasteiger partial charge in [-0.3, -0.25) is 0 Å². The average Bonchev–Trinajstić information content (AvgIpc) is 3.89. The summed E-state index contributed by atoms with van der Waals surface area (Å²) in [4.78, 5) is 28.8. The zero-order valence-corrected chi connectivity index (χ0v) is 30.1. The van der Waals surface area contributed by atoms with Gasteiger partial charge in [0.15, 0.2) is 0 Å². The summed E-state index contributed by atoms with van der Waals surface area (Å²) in [6.45, 7) is 2.19. The minimum Gasteiger partial charge on any atom is -0.508 e. The van der Waals surface area contributed by atoms with Gasteiger partial charge in [0.25, 0.3) is 0 Å². The van der Waals surface area contributed by atoms with Gasteiger partial charge in [0, 0.05) is 17.1 Å². The number of aromatic hydroxyl groups is 1. The van der Waals surface area contributed by atoms with E-state index < -0.39 is 5.41 Å². The molecule has 5 atom stereocenters. The summed E-state index contributed by atoms with van der Waals surface area (Å²) in [6.07, 6.45) is 16.8. The van der Waals surface area contributed by atoms with E-state index in [4.69, 9.17) is 9.47 Å². The van der Waals surface area contributed by atoms with Gasteiger partial charge in [0.05, 0.1) is 11.0 Å².